The zero-order valence-corrected chi connectivity index (χ0v) is 16.2. The number of Topliss-reactive ketones (excluding diaryl/α,β-unsaturated/α-hetero) is 1. The predicted molar refractivity (Wildman–Crippen MR) is 104 cm³/mol. The molecule has 29 heavy (non-hydrogen) atoms. The number of hydrogen-bond acceptors (Lipinski definition) is 6. The van der Waals surface area contributed by atoms with Gasteiger partial charge in [-0.1, -0.05) is 0 Å². The Morgan fingerprint density at radius 3 is 2.66 bits per heavy atom. The summed E-state index contributed by atoms with van der Waals surface area (Å²) >= 11 is 0. The molecule has 8 heteroatoms. The summed E-state index contributed by atoms with van der Waals surface area (Å²) in [6.45, 7) is 5.19. The first-order chi connectivity index (χ1) is 14.1. The number of halogens is 2. The molecule has 1 aromatic carbocycles. The Labute approximate surface area is 168 Å². The average Bonchev–Trinajstić information content (AvgIpc) is 2.71. The summed E-state index contributed by atoms with van der Waals surface area (Å²) in [5.41, 5.74) is 1.61. The van der Waals surface area contributed by atoms with Crippen LogP contribution in [0, 0.1) is 11.6 Å². The van der Waals surface area contributed by atoms with E-state index in [4.69, 9.17) is 4.74 Å². The molecule has 0 saturated carbocycles. The van der Waals surface area contributed by atoms with Crippen molar-refractivity contribution in [3.63, 3.8) is 0 Å². The molecule has 1 aromatic heterocycles. The van der Waals surface area contributed by atoms with E-state index in [9.17, 15) is 13.6 Å². The molecule has 1 unspecified atom stereocenters. The maximum absolute atomic E-state index is 13.6. The molecule has 0 radical (unpaired) electrons. The monoisotopic (exact) mass is 402 g/mol. The number of aromatic nitrogens is 2. The zero-order chi connectivity index (χ0) is 20.2. The Balaban J connectivity index is 1.39. The second kappa shape index (κ2) is 8.92. The number of fused-ring (bicyclic) bond motifs is 1. The number of morpholine rings is 1. The van der Waals surface area contributed by atoms with E-state index in [0.29, 0.717) is 29.2 Å². The van der Waals surface area contributed by atoms with Crippen molar-refractivity contribution in [2.24, 2.45) is 0 Å². The molecule has 6 nitrogen and oxygen atoms in total. The van der Waals surface area contributed by atoms with Crippen LogP contribution in [0.3, 0.4) is 0 Å². The molecule has 1 aliphatic carbocycles. The molecule has 4 rings (SSSR count). The van der Waals surface area contributed by atoms with Gasteiger partial charge in [0.15, 0.2) is 5.78 Å². The lowest BCUT2D eigenvalue weighted by atomic mass is 9.82. The minimum Gasteiger partial charge on any atom is -0.379 e. The largest absolute Gasteiger partial charge is 0.379 e. The highest BCUT2D eigenvalue weighted by atomic mass is 19.1. The number of rotatable bonds is 6. The second-order valence-electron chi connectivity index (χ2n) is 7.52. The maximum atomic E-state index is 13.6. The molecule has 1 fully saturated rings. The van der Waals surface area contributed by atoms with Gasteiger partial charge in [-0.3, -0.25) is 9.69 Å². The minimum absolute atomic E-state index is 0.0974. The number of nitrogens with one attached hydrogen (secondary N) is 1. The number of nitrogens with zero attached hydrogens (tertiary/aromatic N) is 3. The summed E-state index contributed by atoms with van der Waals surface area (Å²) in [5.74, 6) is -1.18. The minimum atomic E-state index is -0.636. The van der Waals surface area contributed by atoms with Crippen LogP contribution in [0.4, 0.5) is 14.7 Å². The van der Waals surface area contributed by atoms with E-state index in [-0.39, 0.29) is 18.1 Å². The van der Waals surface area contributed by atoms with Gasteiger partial charge >= 0.3 is 0 Å². The van der Waals surface area contributed by atoms with Gasteiger partial charge in [0.05, 0.1) is 24.5 Å². The first-order valence-corrected chi connectivity index (χ1v) is 9.97. The third kappa shape index (κ3) is 4.94. The predicted octanol–water partition coefficient (Wildman–Crippen LogP) is 2.80. The first kappa shape index (κ1) is 19.8. The zero-order valence-electron chi connectivity index (χ0n) is 16.2. The molecule has 1 atom stereocenters. The molecule has 2 aliphatic rings. The van der Waals surface area contributed by atoms with Crippen LogP contribution < -0.4 is 5.32 Å². The molecule has 154 valence electrons. The van der Waals surface area contributed by atoms with Crippen molar-refractivity contribution in [2.45, 2.75) is 25.2 Å². The Bertz CT molecular complexity index is 867. The fraction of sp³-hybridized carbons (Fsp3) is 0.476. The number of carbonyl (C=O) groups excluding carboxylic acids is 1. The van der Waals surface area contributed by atoms with Gasteiger partial charge in [-0.25, -0.2) is 18.7 Å². The van der Waals surface area contributed by atoms with Crippen LogP contribution in [0.1, 0.15) is 40.4 Å². The molecule has 0 spiro atoms. The van der Waals surface area contributed by atoms with Crippen molar-refractivity contribution in [3.05, 3.63) is 52.9 Å². The molecule has 0 amide bonds. The number of hydrogen-bond donors (Lipinski definition) is 1. The van der Waals surface area contributed by atoms with Crippen LogP contribution in [0.25, 0.3) is 0 Å². The maximum Gasteiger partial charge on any atom is 0.222 e. The molecule has 2 heterocycles. The number of carbonyl (C=O) groups is 1. The van der Waals surface area contributed by atoms with Crippen molar-refractivity contribution in [1.29, 1.82) is 0 Å². The Morgan fingerprint density at radius 2 is 1.90 bits per heavy atom. The summed E-state index contributed by atoms with van der Waals surface area (Å²) in [7, 11) is 0. The summed E-state index contributed by atoms with van der Waals surface area (Å²) in [6.07, 6.45) is 3.16. The summed E-state index contributed by atoms with van der Waals surface area (Å²) < 4.78 is 32.5. The van der Waals surface area contributed by atoms with E-state index in [0.717, 1.165) is 51.9 Å². The third-order valence-electron chi connectivity index (χ3n) is 5.43. The molecular weight excluding hydrogens is 378 g/mol. The quantitative estimate of drug-likeness (QED) is 0.750. The van der Waals surface area contributed by atoms with Crippen LogP contribution in [0.5, 0.6) is 0 Å². The van der Waals surface area contributed by atoms with E-state index in [1.54, 1.807) is 6.20 Å². The molecular formula is C21H24F2N4O2. The topological polar surface area (TPSA) is 67.4 Å². The second-order valence-corrected chi connectivity index (χ2v) is 7.52. The lowest BCUT2D eigenvalue weighted by Gasteiger charge is -2.26. The number of benzene rings is 1. The first-order valence-electron chi connectivity index (χ1n) is 9.97. The van der Waals surface area contributed by atoms with Gasteiger partial charge in [0.1, 0.15) is 11.6 Å². The Morgan fingerprint density at radius 1 is 1.14 bits per heavy atom. The molecule has 1 aliphatic heterocycles. The summed E-state index contributed by atoms with van der Waals surface area (Å²) in [5, 5.41) is 3.21. The number of anilines is 1. The third-order valence-corrected chi connectivity index (χ3v) is 5.43. The van der Waals surface area contributed by atoms with Crippen molar-refractivity contribution in [2.75, 3.05) is 44.7 Å². The Kier molecular flexibility index (Phi) is 6.10. The number of ketones is 1. The summed E-state index contributed by atoms with van der Waals surface area (Å²) in [6, 6.07) is 3.42. The van der Waals surface area contributed by atoms with Crippen molar-refractivity contribution in [3.8, 4) is 0 Å². The average molecular weight is 402 g/mol. The van der Waals surface area contributed by atoms with E-state index in [1.807, 2.05) is 0 Å². The molecule has 0 bridgehead atoms. The highest BCUT2D eigenvalue weighted by molar-refractivity contribution is 5.98. The van der Waals surface area contributed by atoms with Gasteiger partial charge in [0, 0.05) is 38.3 Å². The van der Waals surface area contributed by atoms with E-state index in [1.165, 1.54) is 12.1 Å². The van der Waals surface area contributed by atoms with Crippen LogP contribution in [-0.4, -0.2) is 60.0 Å². The fourth-order valence-electron chi connectivity index (χ4n) is 3.90. The lowest BCUT2D eigenvalue weighted by Crippen LogP contribution is -2.37. The van der Waals surface area contributed by atoms with Gasteiger partial charge in [-0.05, 0) is 43.0 Å². The van der Waals surface area contributed by atoms with Gasteiger partial charge in [0.2, 0.25) is 5.95 Å². The van der Waals surface area contributed by atoms with Crippen LogP contribution >= 0.6 is 0 Å². The molecule has 1 saturated heterocycles. The van der Waals surface area contributed by atoms with Gasteiger partial charge in [0.25, 0.3) is 0 Å². The van der Waals surface area contributed by atoms with Crippen LogP contribution in [-0.2, 0) is 11.2 Å². The van der Waals surface area contributed by atoms with Crippen molar-refractivity contribution >= 4 is 11.7 Å². The normalized spacial score (nSPS) is 19.8. The standard InChI is InChI=1S/C21H24F2N4O2/c22-16-8-14(9-17(23)12-16)15-10-19-18(20(28)11-15)13-25-21(26-19)24-2-1-3-27-4-6-29-7-5-27/h8-9,12-13,15H,1-7,10-11H2,(H,24,25,26). The Hall–Kier alpha value is -2.45. The van der Waals surface area contributed by atoms with E-state index < -0.39 is 11.6 Å². The van der Waals surface area contributed by atoms with Gasteiger partial charge < -0.3 is 10.1 Å². The van der Waals surface area contributed by atoms with Crippen LogP contribution in [0.2, 0.25) is 0 Å². The van der Waals surface area contributed by atoms with Crippen LogP contribution in [0.15, 0.2) is 24.4 Å². The number of ether oxygens (including phenoxy) is 1. The van der Waals surface area contributed by atoms with Crippen molar-refractivity contribution < 1.29 is 18.3 Å². The van der Waals surface area contributed by atoms with Gasteiger partial charge in [-0.2, -0.15) is 0 Å². The highest BCUT2D eigenvalue weighted by Crippen LogP contribution is 2.32. The van der Waals surface area contributed by atoms with E-state index >= 15 is 0 Å². The smallest absolute Gasteiger partial charge is 0.222 e. The molecule has 1 N–H and O–H groups in total. The van der Waals surface area contributed by atoms with Crippen molar-refractivity contribution in [1.82, 2.24) is 14.9 Å². The summed E-state index contributed by atoms with van der Waals surface area (Å²) in [4.78, 5) is 23.6. The van der Waals surface area contributed by atoms with E-state index in [2.05, 4.69) is 20.2 Å². The highest BCUT2D eigenvalue weighted by Gasteiger charge is 2.28. The lowest BCUT2D eigenvalue weighted by molar-refractivity contribution is 0.0378. The molecule has 2 aromatic rings. The fourth-order valence-corrected chi connectivity index (χ4v) is 3.90. The van der Waals surface area contributed by atoms with Gasteiger partial charge in [-0.15, -0.1) is 0 Å². The SMILES string of the molecule is O=C1CC(c2cc(F)cc(F)c2)Cc2nc(NCCCN3CCOCC3)ncc21.